The lowest BCUT2D eigenvalue weighted by Crippen LogP contribution is -2.42. The maximum absolute atomic E-state index is 13.3. The highest BCUT2D eigenvalue weighted by Gasteiger charge is 2.46. The van der Waals surface area contributed by atoms with Crippen LogP contribution >= 0.6 is 0 Å². The van der Waals surface area contributed by atoms with E-state index in [9.17, 15) is 19.5 Å². The summed E-state index contributed by atoms with van der Waals surface area (Å²) in [5, 5.41) is 11.3. The van der Waals surface area contributed by atoms with Gasteiger partial charge in [0.2, 0.25) is 0 Å². The summed E-state index contributed by atoms with van der Waals surface area (Å²) in [7, 11) is 1.30. The maximum Gasteiger partial charge on any atom is 0.337 e. The third-order valence-corrected chi connectivity index (χ3v) is 6.45. The normalized spacial score (nSPS) is 19.9. The summed E-state index contributed by atoms with van der Waals surface area (Å²) in [6.45, 7) is 7.41. The summed E-state index contributed by atoms with van der Waals surface area (Å²) in [6.07, 6.45) is -0.0100. The predicted octanol–water partition coefficient (Wildman–Crippen LogP) is 3.01. The fourth-order valence-corrected chi connectivity index (χ4v) is 4.57. The summed E-state index contributed by atoms with van der Waals surface area (Å²) in [5.74, 6) is -1.53. The van der Waals surface area contributed by atoms with Crippen LogP contribution in [0, 0.1) is 0 Å². The van der Waals surface area contributed by atoms with Crippen molar-refractivity contribution in [3.8, 4) is 5.75 Å². The molecule has 9 nitrogen and oxygen atoms in total. The highest BCUT2D eigenvalue weighted by Crippen LogP contribution is 2.39. The molecule has 1 atom stereocenters. The minimum atomic E-state index is -0.806. The van der Waals surface area contributed by atoms with Gasteiger partial charge in [-0.3, -0.25) is 14.5 Å². The van der Waals surface area contributed by atoms with Crippen molar-refractivity contribution >= 4 is 23.4 Å². The molecule has 37 heavy (non-hydrogen) atoms. The van der Waals surface area contributed by atoms with Gasteiger partial charge < -0.3 is 24.2 Å². The standard InChI is InChI=1S/C28H32N2O7/c1-18(2)37-22-10-8-20(9-11-22)25(31)23-24(19-4-6-21(7-5-19)28(34)35-3)30(27(33)26(23)32)13-12-29-14-16-36-17-15-29/h4-11,18,24,31H,12-17H2,1-3H3. The maximum atomic E-state index is 13.3. The van der Waals surface area contributed by atoms with Crippen molar-refractivity contribution in [3.63, 3.8) is 0 Å². The molecule has 1 amide bonds. The Hall–Kier alpha value is -3.69. The minimum Gasteiger partial charge on any atom is -0.507 e. The smallest absolute Gasteiger partial charge is 0.337 e. The second-order valence-corrected chi connectivity index (χ2v) is 9.25. The first-order valence-corrected chi connectivity index (χ1v) is 12.3. The number of morpholine rings is 1. The number of Topliss-reactive ketones (excluding diaryl/α,β-unsaturated/α-hetero) is 1. The Morgan fingerprint density at radius 1 is 1.00 bits per heavy atom. The zero-order valence-electron chi connectivity index (χ0n) is 21.3. The lowest BCUT2D eigenvalue weighted by Gasteiger charge is -2.31. The van der Waals surface area contributed by atoms with Gasteiger partial charge in [-0.15, -0.1) is 0 Å². The number of hydrogen-bond acceptors (Lipinski definition) is 8. The quantitative estimate of drug-likeness (QED) is 0.251. The van der Waals surface area contributed by atoms with Crippen LogP contribution in [0.3, 0.4) is 0 Å². The molecule has 2 aliphatic heterocycles. The van der Waals surface area contributed by atoms with Crippen LogP contribution in [0.1, 0.15) is 41.4 Å². The average molecular weight is 509 g/mol. The number of carbonyl (C=O) groups excluding carboxylic acids is 3. The number of carbonyl (C=O) groups is 3. The van der Waals surface area contributed by atoms with Gasteiger partial charge in [0, 0.05) is 31.7 Å². The van der Waals surface area contributed by atoms with Crippen molar-refractivity contribution in [2.45, 2.75) is 26.0 Å². The molecule has 4 rings (SSSR count). The summed E-state index contributed by atoms with van der Waals surface area (Å²) >= 11 is 0. The largest absolute Gasteiger partial charge is 0.507 e. The zero-order chi connectivity index (χ0) is 26.5. The monoisotopic (exact) mass is 508 g/mol. The molecule has 2 aromatic carbocycles. The molecule has 0 radical (unpaired) electrons. The minimum absolute atomic E-state index is 0.00956. The topological polar surface area (TPSA) is 106 Å². The number of nitrogens with zero attached hydrogens (tertiary/aromatic N) is 2. The van der Waals surface area contributed by atoms with E-state index in [4.69, 9.17) is 14.2 Å². The van der Waals surface area contributed by atoms with E-state index in [2.05, 4.69) is 4.90 Å². The summed E-state index contributed by atoms with van der Waals surface area (Å²) < 4.78 is 15.9. The van der Waals surface area contributed by atoms with Gasteiger partial charge in [0.25, 0.3) is 11.7 Å². The van der Waals surface area contributed by atoms with Crippen LogP contribution in [0.15, 0.2) is 54.1 Å². The van der Waals surface area contributed by atoms with Crippen LogP contribution in [0.2, 0.25) is 0 Å². The van der Waals surface area contributed by atoms with Crippen molar-refractivity contribution in [1.82, 2.24) is 9.80 Å². The lowest BCUT2D eigenvalue weighted by atomic mass is 9.94. The van der Waals surface area contributed by atoms with Gasteiger partial charge in [0.05, 0.1) is 43.6 Å². The van der Waals surface area contributed by atoms with E-state index < -0.39 is 23.7 Å². The molecule has 0 aromatic heterocycles. The molecule has 2 aromatic rings. The Kier molecular flexibility index (Phi) is 8.25. The third kappa shape index (κ3) is 5.84. The molecule has 2 saturated heterocycles. The Balaban J connectivity index is 1.71. The van der Waals surface area contributed by atoms with Crippen LogP contribution in [-0.2, 0) is 19.1 Å². The number of amides is 1. The number of aliphatic hydroxyl groups excluding tert-OH is 1. The number of rotatable bonds is 8. The Labute approximate surface area is 216 Å². The number of ketones is 1. The van der Waals surface area contributed by atoms with Crippen LogP contribution in [-0.4, -0.2) is 85.2 Å². The van der Waals surface area contributed by atoms with Gasteiger partial charge in [-0.25, -0.2) is 4.79 Å². The molecule has 196 valence electrons. The van der Waals surface area contributed by atoms with Gasteiger partial charge in [-0.2, -0.15) is 0 Å². The van der Waals surface area contributed by atoms with Crippen molar-refractivity contribution < 1.29 is 33.7 Å². The van der Waals surface area contributed by atoms with E-state index in [0.29, 0.717) is 48.7 Å². The van der Waals surface area contributed by atoms with E-state index >= 15 is 0 Å². The molecule has 0 saturated carbocycles. The van der Waals surface area contributed by atoms with E-state index in [1.165, 1.54) is 12.0 Å². The van der Waals surface area contributed by atoms with Gasteiger partial charge >= 0.3 is 5.97 Å². The molecule has 1 unspecified atom stereocenters. The first-order chi connectivity index (χ1) is 17.8. The Morgan fingerprint density at radius 3 is 2.22 bits per heavy atom. The second-order valence-electron chi connectivity index (χ2n) is 9.25. The fraction of sp³-hybridized carbons (Fsp3) is 0.393. The number of aliphatic hydroxyl groups is 1. The first kappa shape index (κ1) is 26.4. The van der Waals surface area contributed by atoms with Crippen molar-refractivity contribution in [1.29, 1.82) is 0 Å². The predicted molar refractivity (Wildman–Crippen MR) is 136 cm³/mol. The molecule has 0 aliphatic carbocycles. The SMILES string of the molecule is COC(=O)c1ccc(C2C(=C(O)c3ccc(OC(C)C)cc3)C(=O)C(=O)N2CCN2CCOCC2)cc1. The first-order valence-electron chi connectivity index (χ1n) is 12.3. The fourth-order valence-electron chi connectivity index (χ4n) is 4.57. The number of esters is 1. The molecule has 0 spiro atoms. The highest BCUT2D eigenvalue weighted by atomic mass is 16.5. The van der Waals surface area contributed by atoms with Crippen molar-refractivity contribution in [2.24, 2.45) is 0 Å². The van der Waals surface area contributed by atoms with Crippen LogP contribution < -0.4 is 4.74 Å². The van der Waals surface area contributed by atoms with E-state index in [0.717, 1.165) is 13.1 Å². The summed E-state index contributed by atoms with van der Waals surface area (Å²) in [6, 6.07) is 12.5. The van der Waals surface area contributed by atoms with E-state index in [1.807, 2.05) is 13.8 Å². The molecule has 2 fully saturated rings. The van der Waals surface area contributed by atoms with Crippen LogP contribution in [0.5, 0.6) is 5.75 Å². The molecule has 9 heteroatoms. The van der Waals surface area contributed by atoms with Crippen molar-refractivity contribution in [3.05, 3.63) is 70.8 Å². The number of likely N-dealkylation sites (tertiary alicyclic amines) is 1. The lowest BCUT2D eigenvalue weighted by molar-refractivity contribution is -0.140. The van der Waals surface area contributed by atoms with Gasteiger partial charge in [-0.05, 0) is 55.8 Å². The second kappa shape index (κ2) is 11.6. The van der Waals surface area contributed by atoms with Crippen molar-refractivity contribution in [2.75, 3.05) is 46.5 Å². The molecule has 1 N–H and O–H groups in total. The molecular formula is C28H32N2O7. The number of ether oxygens (including phenoxy) is 3. The van der Waals surface area contributed by atoms with Gasteiger partial charge in [0.1, 0.15) is 11.5 Å². The number of methoxy groups -OCH3 is 1. The Morgan fingerprint density at radius 2 is 1.62 bits per heavy atom. The molecular weight excluding hydrogens is 476 g/mol. The van der Waals surface area contributed by atoms with Gasteiger partial charge in [0.15, 0.2) is 0 Å². The van der Waals surface area contributed by atoms with Crippen LogP contribution in [0.4, 0.5) is 0 Å². The summed E-state index contributed by atoms with van der Waals surface area (Å²) in [4.78, 5) is 42.1. The van der Waals surface area contributed by atoms with E-state index in [1.54, 1.807) is 48.5 Å². The molecule has 2 aliphatic rings. The average Bonchev–Trinajstić information content (AvgIpc) is 3.16. The number of benzene rings is 2. The zero-order valence-corrected chi connectivity index (χ0v) is 21.3. The van der Waals surface area contributed by atoms with Crippen LogP contribution in [0.25, 0.3) is 5.76 Å². The summed E-state index contributed by atoms with van der Waals surface area (Å²) in [5.41, 5.74) is 1.36. The molecule has 2 heterocycles. The van der Waals surface area contributed by atoms with E-state index in [-0.39, 0.29) is 17.4 Å². The molecule has 0 bridgehead atoms. The van der Waals surface area contributed by atoms with Gasteiger partial charge in [-0.1, -0.05) is 12.1 Å². The Bertz CT molecular complexity index is 1170. The third-order valence-electron chi connectivity index (χ3n) is 6.45. The highest BCUT2D eigenvalue weighted by molar-refractivity contribution is 6.46. The number of hydrogen-bond donors (Lipinski definition) is 1.